The van der Waals surface area contributed by atoms with Gasteiger partial charge in [-0.25, -0.2) is 4.79 Å². The topological polar surface area (TPSA) is 58.2 Å². The predicted molar refractivity (Wildman–Crippen MR) is 76.9 cm³/mol. The highest BCUT2D eigenvalue weighted by Gasteiger charge is 2.06. The lowest BCUT2D eigenvalue weighted by Gasteiger charge is -2.06. The van der Waals surface area contributed by atoms with Crippen molar-refractivity contribution in [3.63, 3.8) is 0 Å². The molecule has 0 spiro atoms. The fourth-order valence-corrected chi connectivity index (χ4v) is 1.64. The lowest BCUT2D eigenvalue weighted by molar-refractivity contribution is 0.0983. The van der Waals surface area contributed by atoms with Crippen molar-refractivity contribution in [2.75, 3.05) is 19.0 Å². The van der Waals surface area contributed by atoms with Crippen LogP contribution in [0, 0.1) is 6.92 Å². The number of carbonyl (C=O) groups is 2. The first kappa shape index (κ1) is 15.5. The van der Waals surface area contributed by atoms with E-state index in [4.69, 9.17) is 11.6 Å². The summed E-state index contributed by atoms with van der Waals surface area (Å²) in [6.45, 7) is 2.85. The summed E-state index contributed by atoms with van der Waals surface area (Å²) in [5, 5.41) is 5.30. The Bertz CT molecular complexity index is 418. The number of carbonyl (C=O) groups excluding carboxylic acids is 2. The Balaban J connectivity index is 2.23. The molecule has 1 aromatic rings. The first-order chi connectivity index (χ1) is 9.13. The summed E-state index contributed by atoms with van der Waals surface area (Å²) in [5.41, 5.74) is 1.79. The van der Waals surface area contributed by atoms with Gasteiger partial charge < -0.3 is 10.6 Å². The number of halogens is 1. The summed E-state index contributed by atoms with van der Waals surface area (Å²) in [6, 6.07) is 7.15. The average molecular weight is 283 g/mol. The Morgan fingerprint density at radius 2 is 1.74 bits per heavy atom. The van der Waals surface area contributed by atoms with Crippen molar-refractivity contribution < 1.29 is 9.59 Å². The molecule has 104 valence electrons. The monoisotopic (exact) mass is 282 g/mol. The van der Waals surface area contributed by atoms with Gasteiger partial charge in [-0.3, -0.25) is 4.79 Å². The van der Waals surface area contributed by atoms with Crippen LogP contribution in [0.5, 0.6) is 0 Å². The zero-order chi connectivity index (χ0) is 14.1. The van der Waals surface area contributed by atoms with Crippen LogP contribution in [-0.4, -0.2) is 30.8 Å². The third-order valence-electron chi connectivity index (χ3n) is 2.61. The molecule has 4 nitrogen and oxygen atoms in total. The fourth-order valence-electron chi connectivity index (χ4n) is 1.50. The summed E-state index contributed by atoms with van der Waals surface area (Å²) in [6.07, 6.45) is 1.03. The highest BCUT2D eigenvalue weighted by molar-refractivity contribution is 6.17. The van der Waals surface area contributed by atoms with Gasteiger partial charge >= 0.3 is 6.03 Å². The smallest absolute Gasteiger partial charge is 0.314 e. The Morgan fingerprint density at radius 1 is 1.11 bits per heavy atom. The maximum atomic E-state index is 11.8. The van der Waals surface area contributed by atoms with Crippen molar-refractivity contribution in [3.05, 3.63) is 35.4 Å². The molecule has 0 aliphatic carbocycles. The molecule has 1 aromatic carbocycles. The van der Waals surface area contributed by atoms with E-state index in [1.165, 1.54) is 0 Å². The molecule has 0 unspecified atom stereocenters. The quantitative estimate of drug-likeness (QED) is 0.459. The number of nitrogens with one attached hydrogen (secondary N) is 2. The molecule has 0 saturated carbocycles. The first-order valence-corrected chi connectivity index (χ1v) is 6.84. The highest BCUT2D eigenvalue weighted by Crippen LogP contribution is 2.05. The minimum atomic E-state index is -0.262. The first-order valence-electron chi connectivity index (χ1n) is 6.31. The Kier molecular flexibility index (Phi) is 6.97. The van der Waals surface area contributed by atoms with E-state index in [0.717, 1.165) is 12.0 Å². The maximum Gasteiger partial charge on any atom is 0.314 e. The number of hydrogen-bond donors (Lipinski definition) is 2. The molecule has 0 bridgehead atoms. The van der Waals surface area contributed by atoms with Gasteiger partial charge in [-0.15, -0.1) is 11.6 Å². The van der Waals surface area contributed by atoms with Crippen LogP contribution in [0.4, 0.5) is 4.79 Å². The van der Waals surface area contributed by atoms with Crippen molar-refractivity contribution >= 4 is 23.4 Å². The molecule has 0 aliphatic heterocycles. The molecule has 5 heteroatoms. The maximum absolute atomic E-state index is 11.8. The summed E-state index contributed by atoms with van der Waals surface area (Å²) in [7, 11) is 0. The Hall–Kier alpha value is -1.55. The largest absolute Gasteiger partial charge is 0.338 e. The van der Waals surface area contributed by atoms with E-state index in [1.54, 1.807) is 12.1 Å². The van der Waals surface area contributed by atoms with Gasteiger partial charge in [0, 0.05) is 31.0 Å². The summed E-state index contributed by atoms with van der Waals surface area (Å²) in [5.74, 6) is 0.549. The molecule has 2 N–H and O–H groups in total. The number of alkyl halides is 1. The third-order valence-corrected chi connectivity index (χ3v) is 2.87. The van der Waals surface area contributed by atoms with Gasteiger partial charge in [-0.2, -0.15) is 0 Å². The van der Waals surface area contributed by atoms with Gasteiger partial charge in [0.15, 0.2) is 5.78 Å². The minimum absolute atomic E-state index is 0.0288. The lowest BCUT2D eigenvalue weighted by atomic mass is 10.1. The zero-order valence-corrected chi connectivity index (χ0v) is 11.8. The standard InChI is InChI=1S/C14H19ClN2O2/c1-11-3-5-12(6-4-11)13(18)7-10-17-14(19)16-9-2-8-15/h3-6H,2,7-10H2,1H3,(H2,16,17,19). The number of urea groups is 1. The van der Waals surface area contributed by atoms with E-state index in [-0.39, 0.29) is 11.8 Å². The van der Waals surface area contributed by atoms with Crippen LogP contribution in [0.1, 0.15) is 28.8 Å². The second-order valence-corrected chi connectivity index (χ2v) is 4.64. The Morgan fingerprint density at radius 3 is 2.37 bits per heavy atom. The van der Waals surface area contributed by atoms with Gasteiger partial charge in [0.05, 0.1) is 0 Å². The van der Waals surface area contributed by atoms with Gasteiger partial charge in [-0.1, -0.05) is 29.8 Å². The van der Waals surface area contributed by atoms with Crippen LogP contribution in [0.25, 0.3) is 0 Å². The molecule has 0 atom stereocenters. The highest BCUT2D eigenvalue weighted by atomic mass is 35.5. The summed E-state index contributed by atoms with van der Waals surface area (Å²) < 4.78 is 0. The SMILES string of the molecule is Cc1ccc(C(=O)CCNC(=O)NCCCCl)cc1. The van der Waals surface area contributed by atoms with E-state index in [9.17, 15) is 9.59 Å². The van der Waals surface area contributed by atoms with E-state index >= 15 is 0 Å². The van der Waals surface area contributed by atoms with Crippen molar-refractivity contribution in [2.45, 2.75) is 19.8 Å². The van der Waals surface area contributed by atoms with Crippen molar-refractivity contribution in [2.24, 2.45) is 0 Å². The summed E-state index contributed by atoms with van der Waals surface area (Å²) >= 11 is 5.49. The molecule has 0 fully saturated rings. The van der Waals surface area contributed by atoms with Crippen LogP contribution < -0.4 is 10.6 Å². The number of aryl methyl sites for hydroxylation is 1. The van der Waals surface area contributed by atoms with Crippen LogP contribution in [-0.2, 0) is 0 Å². The molecule has 0 heterocycles. The van der Waals surface area contributed by atoms with Crippen LogP contribution in [0.15, 0.2) is 24.3 Å². The van der Waals surface area contributed by atoms with Gasteiger partial charge in [0.1, 0.15) is 0 Å². The summed E-state index contributed by atoms with van der Waals surface area (Å²) in [4.78, 5) is 23.1. The molecule has 19 heavy (non-hydrogen) atoms. The Labute approximate surface area is 118 Å². The molecule has 1 rings (SSSR count). The molecule has 0 saturated heterocycles. The molecule has 0 aliphatic rings. The van der Waals surface area contributed by atoms with Crippen LogP contribution in [0.2, 0.25) is 0 Å². The number of benzene rings is 1. The number of ketones is 1. The van der Waals surface area contributed by atoms with Gasteiger partial charge in [-0.05, 0) is 13.3 Å². The number of hydrogen-bond acceptors (Lipinski definition) is 2. The van der Waals surface area contributed by atoms with E-state index in [1.807, 2.05) is 19.1 Å². The fraction of sp³-hybridized carbons (Fsp3) is 0.429. The second-order valence-electron chi connectivity index (χ2n) is 4.26. The lowest BCUT2D eigenvalue weighted by Crippen LogP contribution is -2.37. The van der Waals surface area contributed by atoms with Gasteiger partial charge in [0.2, 0.25) is 0 Å². The predicted octanol–water partition coefficient (Wildman–Crippen LogP) is 2.50. The van der Waals surface area contributed by atoms with Gasteiger partial charge in [0.25, 0.3) is 0 Å². The normalized spacial score (nSPS) is 10.0. The van der Waals surface area contributed by atoms with E-state index in [2.05, 4.69) is 10.6 Å². The minimum Gasteiger partial charge on any atom is -0.338 e. The van der Waals surface area contributed by atoms with Crippen molar-refractivity contribution in [3.8, 4) is 0 Å². The molecule has 2 amide bonds. The molecular formula is C14H19ClN2O2. The number of rotatable bonds is 7. The molecular weight excluding hydrogens is 264 g/mol. The number of Topliss-reactive ketones (excluding diaryl/α,β-unsaturated/α-hetero) is 1. The van der Waals surface area contributed by atoms with E-state index < -0.39 is 0 Å². The zero-order valence-electron chi connectivity index (χ0n) is 11.0. The average Bonchev–Trinajstić information content (AvgIpc) is 2.39. The number of amides is 2. The van der Waals surface area contributed by atoms with Crippen molar-refractivity contribution in [1.29, 1.82) is 0 Å². The van der Waals surface area contributed by atoms with Crippen LogP contribution in [0.3, 0.4) is 0 Å². The van der Waals surface area contributed by atoms with E-state index in [0.29, 0.717) is 31.0 Å². The third kappa shape index (κ3) is 6.25. The molecule has 0 aromatic heterocycles. The molecule has 0 radical (unpaired) electrons. The van der Waals surface area contributed by atoms with Crippen molar-refractivity contribution in [1.82, 2.24) is 10.6 Å². The van der Waals surface area contributed by atoms with Crippen LogP contribution >= 0.6 is 11.6 Å². The second kappa shape index (κ2) is 8.53.